The molecular weight excluding hydrogens is 432 g/mol. The van der Waals surface area contributed by atoms with Crippen molar-refractivity contribution in [2.75, 3.05) is 6.61 Å². The van der Waals surface area contributed by atoms with Crippen molar-refractivity contribution in [1.29, 1.82) is 0 Å². The second-order valence-electron chi connectivity index (χ2n) is 7.63. The molecule has 3 aromatic carbocycles. The molecule has 0 aliphatic heterocycles. The number of aromatic nitrogens is 3. The first-order valence-electron chi connectivity index (χ1n) is 10.8. The Morgan fingerprint density at radius 1 is 1.00 bits per heavy atom. The Bertz CT molecular complexity index is 1330. The third kappa shape index (κ3) is 5.38. The monoisotopic (exact) mass is 458 g/mol. The minimum absolute atomic E-state index is 0.420. The maximum atomic E-state index is 6.11. The van der Waals surface area contributed by atoms with Crippen LogP contribution in [0.5, 0.6) is 11.5 Å². The van der Waals surface area contributed by atoms with Gasteiger partial charge in [0, 0.05) is 5.56 Å². The van der Waals surface area contributed by atoms with Crippen molar-refractivity contribution in [1.82, 2.24) is 14.9 Å². The van der Waals surface area contributed by atoms with E-state index in [4.69, 9.17) is 21.7 Å². The zero-order valence-electron chi connectivity index (χ0n) is 18.9. The number of benzene rings is 3. The Morgan fingerprint density at radius 2 is 1.82 bits per heavy atom. The van der Waals surface area contributed by atoms with Crippen molar-refractivity contribution in [2.24, 2.45) is 5.10 Å². The van der Waals surface area contributed by atoms with E-state index in [0.717, 1.165) is 16.7 Å². The molecular formula is C26H26N4O2S. The Morgan fingerprint density at radius 3 is 2.61 bits per heavy atom. The molecule has 33 heavy (non-hydrogen) atoms. The Balaban J connectivity index is 1.57. The molecule has 6 nitrogen and oxygen atoms in total. The van der Waals surface area contributed by atoms with Gasteiger partial charge in [0.05, 0.1) is 12.8 Å². The van der Waals surface area contributed by atoms with Crippen molar-refractivity contribution in [3.8, 4) is 22.9 Å². The molecule has 0 atom stereocenters. The van der Waals surface area contributed by atoms with E-state index in [0.29, 0.717) is 35.3 Å². The van der Waals surface area contributed by atoms with Crippen molar-refractivity contribution in [2.45, 2.75) is 27.4 Å². The van der Waals surface area contributed by atoms with E-state index < -0.39 is 0 Å². The quantitative estimate of drug-likeness (QED) is 0.257. The predicted octanol–water partition coefficient (Wildman–Crippen LogP) is 6.08. The van der Waals surface area contributed by atoms with E-state index in [1.54, 1.807) is 10.9 Å². The van der Waals surface area contributed by atoms with Gasteiger partial charge in [-0.2, -0.15) is 14.9 Å². The van der Waals surface area contributed by atoms with Crippen LogP contribution in [0.1, 0.15) is 29.2 Å². The molecule has 0 unspecified atom stereocenters. The number of hydrogen-bond donors (Lipinski definition) is 1. The summed E-state index contributed by atoms with van der Waals surface area (Å²) >= 11 is 5.36. The summed E-state index contributed by atoms with van der Waals surface area (Å²) < 4.78 is 14.0. The highest BCUT2D eigenvalue weighted by molar-refractivity contribution is 7.71. The van der Waals surface area contributed by atoms with Crippen LogP contribution >= 0.6 is 12.2 Å². The number of ether oxygens (including phenoxy) is 2. The first kappa shape index (κ1) is 22.5. The summed E-state index contributed by atoms with van der Waals surface area (Å²) in [6, 6.07) is 21.9. The number of nitrogens with zero attached hydrogens (tertiary/aromatic N) is 3. The standard InChI is InChI=1S/C26H26N4O2S/c1-4-31-24-15-20(12-13-23(24)32-17-22-14-18(2)10-11-19(22)3)16-27-30-25(28-29-26(30)33)21-8-6-5-7-9-21/h5-16H,4,17H2,1-3H3,(H,29,33)/b27-16-. The van der Waals surface area contributed by atoms with Crippen LogP contribution in [0.15, 0.2) is 71.8 Å². The number of aryl methyl sites for hydroxylation is 2. The summed E-state index contributed by atoms with van der Waals surface area (Å²) in [6.45, 7) is 7.13. The van der Waals surface area contributed by atoms with E-state index in [2.05, 4.69) is 47.3 Å². The van der Waals surface area contributed by atoms with Gasteiger partial charge in [0.1, 0.15) is 6.61 Å². The van der Waals surface area contributed by atoms with Gasteiger partial charge in [-0.15, -0.1) is 0 Å². The van der Waals surface area contributed by atoms with E-state index in [1.165, 1.54) is 11.1 Å². The van der Waals surface area contributed by atoms with Crippen LogP contribution in [-0.4, -0.2) is 27.7 Å². The van der Waals surface area contributed by atoms with Gasteiger partial charge in [-0.25, -0.2) is 5.10 Å². The zero-order chi connectivity index (χ0) is 23.2. The molecule has 168 valence electrons. The second-order valence-corrected chi connectivity index (χ2v) is 8.02. The van der Waals surface area contributed by atoms with Crippen molar-refractivity contribution in [3.05, 3.63) is 93.8 Å². The molecule has 0 aliphatic rings. The molecule has 0 amide bonds. The minimum Gasteiger partial charge on any atom is -0.490 e. The maximum absolute atomic E-state index is 6.11. The Hall–Kier alpha value is -3.71. The fourth-order valence-electron chi connectivity index (χ4n) is 3.40. The second kappa shape index (κ2) is 10.3. The Labute approximate surface area is 198 Å². The number of aromatic amines is 1. The van der Waals surface area contributed by atoms with Crippen LogP contribution in [-0.2, 0) is 6.61 Å². The smallest absolute Gasteiger partial charge is 0.216 e. The highest BCUT2D eigenvalue weighted by Crippen LogP contribution is 2.29. The minimum atomic E-state index is 0.420. The highest BCUT2D eigenvalue weighted by Gasteiger charge is 2.10. The molecule has 7 heteroatoms. The molecule has 0 saturated heterocycles. The van der Waals surface area contributed by atoms with Crippen LogP contribution < -0.4 is 9.47 Å². The molecule has 0 bridgehead atoms. The van der Waals surface area contributed by atoms with Crippen LogP contribution in [0.3, 0.4) is 0 Å². The molecule has 0 radical (unpaired) electrons. The van der Waals surface area contributed by atoms with Crippen LogP contribution in [0.4, 0.5) is 0 Å². The number of hydrogen-bond acceptors (Lipinski definition) is 5. The molecule has 0 fully saturated rings. The maximum Gasteiger partial charge on any atom is 0.216 e. The fourth-order valence-corrected chi connectivity index (χ4v) is 3.58. The van der Waals surface area contributed by atoms with Crippen molar-refractivity contribution in [3.63, 3.8) is 0 Å². The van der Waals surface area contributed by atoms with Gasteiger partial charge in [0.2, 0.25) is 4.77 Å². The van der Waals surface area contributed by atoms with E-state index in [1.807, 2.05) is 55.5 Å². The number of H-pyrrole nitrogens is 1. The van der Waals surface area contributed by atoms with Gasteiger partial charge in [0.15, 0.2) is 17.3 Å². The molecule has 0 spiro atoms. The lowest BCUT2D eigenvalue weighted by atomic mass is 10.1. The van der Waals surface area contributed by atoms with Gasteiger partial charge in [0.25, 0.3) is 0 Å². The lowest BCUT2D eigenvalue weighted by Gasteiger charge is -2.14. The van der Waals surface area contributed by atoms with E-state index >= 15 is 0 Å². The lowest BCUT2D eigenvalue weighted by Crippen LogP contribution is -2.02. The summed E-state index contributed by atoms with van der Waals surface area (Å²) in [6.07, 6.45) is 1.73. The molecule has 4 rings (SSSR count). The SMILES string of the molecule is CCOc1cc(/C=N\n2c(-c3ccccc3)n[nH]c2=S)ccc1OCc1cc(C)ccc1C. The zero-order valence-corrected chi connectivity index (χ0v) is 19.7. The summed E-state index contributed by atoms with van der Waals surface area (Å²) in [4.78, 5) is 0. The van der Waals surface area contributed by atoms with Gasteiger partial charge in [-0.05, 0) is 67.9 Å². The molecule has 1 N–H and O–H groups in total. The average molecular weight is 459 g/mol. The van der Waals surface area contributed by atoms with Crippen LogP contribution in [0, 0.1) is 18.6 Å². The van der Waals surface area contributed by atoms with E-state index in [-0.39, 0.29) is 0 Å². The average Bonchev–Trinajstić information content (AvgIpc) is 3.20. The fraction of sp³-hybridized carbons (Fsp3) is 0.192. The van der Waals surface area contributed by atoms with Crippen molar-refractivity contribution < 1.29 is 9.47 Å². The molecule has 1 heterocycles. The van der Waals surface area contributed by atoms with Gasteiger partial charge in [-0.1, -0.05) is 54.1 Å². The largest absolute Gasteiger partial charge is 0.490 e. The number of rotatable bonds is 8. The summed E-state index contributed by atoms with van der Waals surface area (Å²) in [5.74, 6) is 2.01. The third-order valence-corrected chi connectivity index (χ3v) is 5.42. The van der Waals surface area contributed by atoms with Crippen molar-refractivity contribution >= 4 is 18.4 Å². The van der Waals surface area contributed by atoms with Gasteiger partial charge >= 0.3 is 0 Å². The predicted molar refractivity (Wildman–Crippen MR) is 134 cm³/mol. The Kier molecular flexibility index (Phi) is 7.00. The van der Waals surface area contributed by atoms with Gasteiger partial charge < -0.3 is 9.47 Å². The molecule has 1 aromatic heterocycles. The first-order chi connectivity index (χ1) is 16.0. The normalized spacial score (nSPS) is 11.1. The van der Waals surface area contributed by atoms with Gasteiger partial charge in [-0.3, -0.25) is 0 Å². The third-order valence-electron chi connectivity index (χ3n) is 5.16. The van der Waals surface area contributed by atoms with Crippen LogP contribution in [0.25, 0.3) is 11.4 Å². The first-order valence-corrected chi connectivity index (χ1v) is 11.2. The molecule has 4 aromatic rings. The topological polar surface area (TPSA) is 64.4 Å². The molecule has 0 saturated carbocycles. The number of nitrogens with one attached hydrogen (secondary N) is 1. The van der Waals surface area contributed by atoms with E-state index in [9.17, 15) is 0 Å². The summed E-state index contributed by atoms with van der Waals surface area (Å²) in [5.41, 5.74) is 5.36. The summed E-state index contributed by atoms with van der Waals surface area (Å²) in [5, 5.41) is 11.7. The highest BCUT2D eigenvalue weighted by atomic mass is 32.1. The summed E-state index contributed by atoms with van der Waals surface area (Å²) in [7, 11) is 0. The molecule has 0 aliphatic carbocycles. The lowest BCUT2D eigenvalue weighted by molar-refractivity contribution is 0.269. The van der Waals surface area contributed by atoms with Crippen LogP contribution in [0.2, 0.25) is 0 Å².